The van der Waals surface area contributed by atoms with Gasteiger partial charge in [-0.25, -0.2) is 10.0 Å². The number of cyclic esters (lactones) is 1. The van der Waals surface area contributed by atoms with Gasteiger partial charge in [0.25, 0.3) is 0 Å². The summed E-state index contributed by atoms with van der Waals surface area (Å²) >= 11 is 0. The van der Waals surface area contributed by atoms with E-state index in [4.69, 9.17) is 5.21 Å². The monoisotopic (exact) mass is 240 g/mol. The third-order valence-corrected chi connectivity index (χ3v) is 2.58. The summed E-state index contributed by atoms with van der Waals surface area (Å²) in [6, 6.07) is 5.33. The van der Waals surface area contributed by atoms with Gasteiger partial charge in [-0.05, 0) is 5.56 Å². The maximum atomic E-state index is 10.8. The topological polar surface area (TPSA) is 106 Å². The SMILES string of the molecule is O=C1NC(C(O)c2ccc([NH+]([O-])O)cc2)CO1. The molecule has 2 rings (SSSR count). The Morgan fingerprint density at radius 1 is 1.47 bits per heavy atom. The minimum absolute atomic E-state index is 0.0979. The number of hydrogen-bond acceptors (Lipinski definition) is 5. The zero-order chi connectivity index (χ0) is 12.4. The van der Waals surface area contributed by atoms with E-state index in [9.17, 15) is 15.1 Å². The molecular formula is C10H12N2O5. The molecule has 1 fully saturated rings. The first kappa shape index (κ1) is 11.8. The van der Waals surface area contributed by atoms with Gasteiger partial charge in [0, 0.05) is 12.1 Å². The lowest BCUT2D eigenvalue weighted by atomic mass is 10.0. The van der Waals surface area contributed by atoms with E-state index in [0.29, 0.717) is 5.56 Å². The third-order valence-electron chi connectivity index (χ3n) is 2.58. The summed E-state index contributed by atoms with van der Waals surface area (Å²) in [4.78, 5) is 10.8. The Kier molecular flexibility index (Phi) is 3.25. The highest BCUT2D eigenvalue weighted by atomic mass is 16.8. The van der Waals surface area contributed by atoms with Gasteiger partial charge in [0.2, 0.25) is 0 Å². The summed E-state index contributed by atoms with van der Waals surface area (Å²) in [5, 5.41) is 30.7. The molecule has 4 N–H and O–H groups in total. The van der Waals surface area contributed by atoms with Crippen molar-refractivity contribution in [2.75, 3.05) is 6.61 Å². The molecule has 3 atom stereocenters. The molecule has 7 nitrogen and oxygen atoms in total. The van der Waals surface area contributed by atoms with Crippen molar-refractivity contribution in [2.24, 2.45) is 0 Å². The molecule has 1 aromatic carbocycles. The zero-order valence-electron chi connectivity index (χ0n) is 8.79. The lowest BCUT2D eigenvalue weighted by Gasteiger charge is -2.17. The number of alkyl carbamates (subject to hydrolysis) is 1. The van der Waals surface area contributed by atoms with E-state index in [-0.39, 0.29) is 12.3 Å². The Morgan fingerprint density at radius 2 is 2.12 bits per heavy atom. The van der Waals surface area contributed by atoms with Crippen molar-refractivity contribution in [2.45, 2.75) is 12.1 Å². The number of ether oxygens (including phenoxy) is 1. The smallest absolute Gasteiger partial charge is 0.407 e. The highest BCUT2D eigenvalue weighted by molar-refractivity contribution is 5.69. The minimum atomic E-state index is -1.02. The summed E-state index contributed by atoms with van der Waals surface area (Å²) in [5.74, 6) is 0. The number of aliphatic hydroxyl groups is 1. The zero-order valence-corrected chi connectivity index (χ0v) is 8.79. The standard InChI is InChI=1S/C10H12N2O5/c13-9(8-5-17-10(14)11-8)6-1-3-7(4-2-6)12(15)16/h1-4,8-9,12-13,15H,5H2,(H,11,14). The third kappa shape index (κ3) is 2.53. The number of hydrogen-bond donors (Lipinski definition) is 4. The lowest BCUT2D eigenvalue weighted by molar-refractivity contribution is -0.991. The number of rotatable bonds is 3. The van der Waals surface area contributed by atoms with E-state index in [1.165, 1.54) is 24.3 Å². The van der Waals surface area contributed by atoms with Gasteiger partial charge >= 0.3 is 6.09 Å². The predicted octanol–water partition coefficient (Wildman–Crippen LogP) is -0.768. The van der Waals surface area contributed by atoms with E-state index in [2.05, 4.69) is 10.1 Å². The van der Waals surface area contributed by atoms with Crippen LogP contribution in [0, 0.1) is 5.21 Å². The summed E-state index contributed by atoms with van der Waals surface area (Å²) in [6.45, 7) is 0.0979. The second kappa shape index (κ2) is 4.68. The Hall–Kier alpha value is -1.67. The minimum Gasteiger partial charge on any atom is -0.595 e. The molecular weight excluding hydrogens is 228 g/mol. The number of benzene rings is 1. The summed E-state index contributed by atoms with van der Waals surface area (Å²) in [5.41, 5.74) is 0.679. The fourth-order valence-corrected chi connectivity index (χ4v) is 1.63. The van der Waals surface area contributed by atoms with E-state index < -0.39 is 23.5 Å². The first-order chi connectivity index (χ1) is 8.08. The first-order valence-corrected chi connectivity index (χ1v) is 5.02. The Balaban J connectivity index is 2.09. The highest BCUT2D eigenvalue weighted by Gasteiger charge is 2.29. The van der Waals surface area contributed by atoms with Crippen LogP contribution in [0.4, 0.5) is 10.5 Å². The number of carbonyl (C=O) groups excluding carboxylic acids is 1. The van der Waals surface area contributed by atoms with Crippen LogP contribution in [0.2, 0.25) is 0 Å². The molecule has 1 amide bonds. The second-order valence-corrected chi connectivity index (χ2v) is 3.72. The van der Waals surface area contributed by atoms with Crippen LogP contribution in [0.3, 0.4) is 0 Å². The normalized spacial score (nSPS) is 22.8. The molecule has 0 aliphatic carbocycles. The van der Waals surface area contributed by atoms with E-state index >= 15 is 0 Å². The molecule has 1 heterocycles. The molecule has 3 unspecified atom stereocenters. The van der Waals surface area contributed by atoms with Crippen LogP contribution >= 0.6 is 0 Å². The van der Waals surface area contributed by atoms with Crippen LogP contribution in [0.1, 0.15) is 11.7 Å². The first-order valence-electron chi connectivity index (χ1n) is 5.02. The maximum Gasteiger partial charge on any atom is 0.407 e. The Morgan fingerprint density at radius 3 is 2.59 bits per heavy atom. The molecule has 1 aromatic rings. The largest absolute Gasteiger partial charge is 0.595 e. The van der Waals surface area contributed by atoms with Crippen LogP contribution in [-0.4, -0.2) is 29.1 Å². The molecule has 1 saturated heterocycles. The average molecular weight is 240 g/mol. The number of carbonyl (C=O) groups is 1. The fraction of sp³-hybridized carbons (Fsp3) is 0.300. The van der Waals surface area contributed by atoms with Crippen molar-refractivity contribution in [1.29, 1.82) is 0 Å². The number of nitrogens with one attached hydrogen (secondary N) is 2. The van der Waals surface area contributed by atoms with Gasteiger partial charge < -0.3 is 20.4 Å². The van der Waals surface area contributed by atoms with Crippen LogP contribution in [0.15, 0.2) is 24.3 Å². The predicted molar refractivity (Wildman–Crippen MR) is 55.4 cm³/mol. The molecule has 17 heavy (non-hydrogen) atoms. The number of amides is 1. The Bertz CT molecular complexity index is 406. The fourth-order valence-electron chi connectivity index (χ4n) is 1.63. The average Bonchev–Trinajstić information content (AvgIpc) is 2.75. The van der Waals surface area contributed by atoms with E-state index in [1.54, 1.807) is 0 Å². The van der Waals surface area contributed by atoms with Crippen LogP contribution < -0.4 is 10.5 Å². The van der Waals surface area contributed by atoms with Crippen molar-refractivity contribution in [3.8, 4) is 0 Å². The second-order valence-electron chi connectivity index (χ2n) is 3.72. The van der Waals surface area contributed by atoms with E-state index in [1.807, 2.05) is 0 Å². The van der Waals surface area contributed by atoms with Crippen molar-refractivity contribution in [3.63, 3.8) is 0 Å². The number of quaternary nitrogens is 1. The van der Waals surface area contributed by atoms with Gasteiger partial charge in [-0.2, -0.15) is 5.23 Å². The van der Waals surface area contributed by atoms with Gasteiger partial charge in [-0.3, -0.25) is 0 Å². The van der Waals surface area contributed by atoms with Crippen molar-refractivity contribution >= 4 is 11.8 Å². The molecule has 0 aromatic heterocycles. The van der Waals surface area contributed by atoms with Crippen LogP contribution in [-0.2, 0) is 4.74 Å². The summed E-state index contributed by atoms with van der Waals surface area (Å²) in [6.07, 6.45) is -1.47. The van der Waals surface area contributed by atoms with Crippen LogP contribution in [0.5, 0.6) is 0 Å². The number of aliphatic hydroxyl groups excluding tert-OH is 1. The highest BCUT2D eigenvalue weighted by Crippen LogP contribution is 2.20. The summed E-state index contributed by atoms with van der Waals surface area (Å²) < 4.78 is 4.67. The van der Waals surface area contributed by atoms with E-state index in [0.717, 1.165) is 0 Å². The summed E-state index contributed by atoms with van der Waals surface area (Å²) in [7, 11) is 0. The van der Waals surface area contributed by atoms with Crippen molar-refractivity contribution < 1.29 is 25.1 Å². The Labute approximate surface area is 96.8 Å². The molecule has 1 aliphatic rings. The quantitative estimate of drug-likeness (QED) is 0.519. The molecule has 0 radical (unpaired) electrons. The lowest BCUT2D eigenvalue weighted by Crippen LogP contribution is -2.99. The van der Waals surface area contributed by atoms with Gasteiger partial charge in [0.1, 0.15) is 12.7 Å². The molecule has 1 aliphatic heterocycles. The van der Waals surface area contributed by atoms with Crippen LogP contribution in [0.25, 0.3) is 0 Å². The van der Waals surface area contributed by atoms with Crippen molar-refractivity contribution in [3.05, 3.63) is 35.0 Å². The molecule has 92 valence electrons. The van der Waals surface area contributed by atoms with Gasteiger partial charge in [0.15, 0.2) is 5.69 Å². The molecule has 0 saturated carbocycles. The van der Waals surface area contributed by atoms with Crippen molar-refractivity contribution in [1.82, 2.24) is 5.32 Å². The van der Waals surface area contributed by atoms with Gasteiger partial charge in [-0.1, -0.05) is 12.1 Å². The molecule has 7 heteroatoms. The van der Waals surface area contributed by atoms with Gasteiger partial charge in [0.05, 0.1) is 6.04 Å². The molecule has 0 bridgehead atoms. The van der Waals surface area contributed by atoms with Gasteiger partial charge in [-0.15, -0.1) is 0 Å². The maximum absolute atomic E-state index is 10.8. The molecule has 0 spiro atoms.